The predicted molar refractivity (Wildman–Crippen MR) is 54.7 cm³/mol. The maximum Gasteiger partial charge on any atom is 0.328 e. The van der Waals surface area contributed by atoms with Crippen LogP contribution in [0, 0.1) is 0 Å². The maximum atomic E-state index is 10.3. The normalized spacial score (nSPS) is 10.4. The number of carbonyl (C=O) groups is 1. The van der Waals surface area contributed by atoms with Crippen LogP contribution in [0.3, 0.4) is 0 Å². The summed E-state index contributed by atoms with van der Waals surface area (Å²) in [4.78, 5) is 10.3. The molecule has 1 aromatic rings. The number of rotatable bonds is 3. The Kier molecular flexibility index (Phi) is 3.54. The second kappa shape index (κ2) is 4.67. The Morgan fingerprint density at radius 2 is 2.29 bits per heavy atom. The minimum Gasteiger partial charge on any atom is -0.497 e. The summed E-state index contributed by atoms with van der Waals surface area (Å²) in [6, 6.07) is 5.03. The number of hydrogen-bond acceptors (Lipinski definition) is 2. The fourth-order valence-electron chi connectivity index (χ4n) is 0.938. The molecule has 1 rings (SSSR count). The third-order valence-corrected chi connectivity index (χ3v) is 1.95. The van der Waals surface area contributed by atoms with Crippen molar-refractivity contribution in [2.45, 2.75) is 0 Å². The van der Waals surface area contributed by atoms with Gasteiger partial charge in [0, 0.05) is 11.1 Å². The molecule has 0 amide bonds. The molecule has 0 spiro atoms. The third-order valence-electron chi connectivity index (χ3n) is 1.61. The van der Waals surface area contributed by atoms with Crippen LogP contribution in [0.25, 0.3) is 6.08 Å². The van der Waals surface area contributed by atoms with Crippen molar-refractivity contribution in [1.29, 1.82) is 0 Å². The van der Waals surface area contributed by atoms with Gasteiger partial charge in [-0.25, -0.2) is 4.79 Å². The fraction of sp³-hybridized carbons (Fsp3) is 0.100. The molecule has 0 aliphatic carbocycles. The molecule has 0 bridgehead atoms. The van der Waals surface area contributed by atoms with Gasteiger partial charge in [-0.1, -0.05) is 11.6 Å². The average Bonchev–Trinajstić information content (AvgIpc) is 2.16. The molecule has 4 heteroatoms. The highest BCUT2D eigenvalue weighted by Crippen LogP contribution is 2.22. The molecule has 0 atom stereocenters. The first-order valence-electron chi connectivity index (χ1n) is 3.88. The highest BCUT2D eigenvalue weighted by molar-refractivity contribution is 6.32. The predicted octanol–water partition coefficient (Wildman–Crippen LogP) is 2.45. The van der Waals surface area contributed by atoms with Gasteiger partial charge in [-0.2, -0.15) is 0 Å². The summed E-state index contributed by atoms with van der Waals surface area (Å²) in [5.41, 5.74) is 0.619. The van der Waals surface area contributed by atoms with Crippen LogP contribution in [-0.4, -0.2) is 18.2 Å². The van der Waals surface area contributed by atoms with Crippen LogP contribution in [0.15, 0.2) is 24.3 Å². The van der Waals surface area contributed by atoms with Gasteiger partial charge in [-0.15, -0.1) is 0 Å². The quantitative estimate of drug-likeness (QED) is 0.783. The first-order chi connectivity index (χ1) is 6.63. The van der Waals surface area contributed by atoms with Crippen molar-refractivity contribution in [3.8, 4) is 5.75 Å². The zero-order chi connectivity index (χ0) is 10.6. The monoisotopic (exact) mass is 212 g/mol. The minimum absolute atomic E-state index is 0.489. The summed E-state index contributed by atoms with van der Waals surface area (Å²) in [7, 11) is 1.54. The molecule has 14 heavy (non-hydrogen) atoms. The lowest BCUT2D eigenvalue weighted by atomic mass is 10.2. The summed E-state index contributed by atoms with van der Waals surface area (Å²) in [6.45, 7) is 0. The summed E-state index contributed by atoms with van der Waals surface area (Å²) in [5.74, 6) is -0.372. The third kappa shape index (κ3) is 2.78. The maximum absolute atomic E-state index is 10.3. The molecule has 74 valence electrons. The topological polar surface area (TPSA) is 46.5 Å². The molecule has 1 aromatic carbocycles. The Morgan fingerprint density at radius 1 is 1.57 bits per heavy atom. The number of ether oxygens (including phenoxy) is 1. The Balaban J connectivity index is 3.00. The Labute approximate surface area is 86.6 Å². The van der Waals surface area contributed by atoms with Crippen LogP contribution < -0.4 is 4.74 Å². The molecule has 3 nitrogen and oxygen atoms in total. The summed E-state index contributed by atoms with van der Waals surface area (Å²) < 4.78 is 4.98. The zero-order valence-corrected chi connectivity index (χ0v) is 8.28. The molecule has 0 aliphatic rings. The van der Waals surface area contributed by atoms with Crippen LogP contribution in [-0.2, 0) is 4.79 Å². The summed E-state index contributed by atoms with van der Waals surface area (Å²) >= 11 is 5.84. The van der Waals surface area contributed by atoms with E-state index in [1.165, 1.54) is 13.2 Å². The molecule has 1 N–H and O–H groups in total. The molecule has 0 heterocycles. The SMILES string of the molecule is COc1ccc(Cl)c(/C=C/C(=O)O)c1. The molecular weight excluding hydrogens is 204 g/mol. The highest BCUT2D eigenvalue weighted by atomic mass is 35.5. The van der Waals surface area contributed by atoms with Crippen molar-refractivity contribution in [2.24, 2.45) is 0 Å². The van der Waals surface area contributed by atoms with Gasteiger partial charge in [-0.05, 0) is 29.8 Å². The van der Waals surface area contributed by atoms with Crippen molar-refractivity contribution in [1.82, 2.24) is 0 Å². The van der Waals surface area contributed by atoms with E-state index in [4.69, 9.17) is 21.4 Å². The van der Waals surface area contributed by atoms with Gasteiger partial charge in [0.05, 0.1) is 7.11 Å². The largest absolute Gasteiger partial charge is 0.497 e. The number of carboxylic acid groups (broad SMARTS) is 1. The van der Waals surface area contributed by atoms with E-state index in [0.717, 1.165) is 6.08 Å². The van der Waals surface area contributed by atoms with Gasteiger partial charge in [0.1, 0.15) is 5.75 Å². The lowest BCUT2D eigenvalue weighted by Gasteiger charge is -2.02. The molecule has 0 radical (unpaired) electrons. The van der Waals surface area contributed by atoms with E-state index in [9.17, 15) is 4.79 Å². The van der Waals surface area contributed by atoms with Crippen molar-refractivity contribution in [3.05, 3.63) is 34.9 Å². The molecule has 0 fully saturated rings. The number of aliphatic carboxylic acids is 1. The summed E-state index contributed by atoms with van der Waals surface area (Å²) in [6.07, 6.45) is 2.45. The van der Waals surface area contributed by atoms with Crippen LogP contribution in [0.1, 0.15) is 5.56 Å². The smallest absolute Gasteiger partial charge is 0.328 e. The first-order valence-corrected chi connectivity index (χ1v) is 4.26. The van der Waals surface area contributed by atoms with Crippen molar-refractivity contribution < 1.29 is 14.6 Å². The molecule has 0 aromatic heterocycles. The van der Waals surface area contributed by atoms with Gasteiger partial charge in [-0.3, -0.25) is 0 Å². The van der Waals surface area contributed by atoms with Crippen molar-refractivity contribution >= 4 is 23.6 Å². The van der Waals surface area contributed by atoms with E-state index in [0.29, 0.717) is 16.3 Å². The Morgan fingerprint density at radius 3 is 2.86 bits per heavy atom. The van der Waals surface area contributed by atoms with E-state index in [-0.39, 0.29) is 0 Å². The van der Waals surface area contributed by atoms with Crippen molar-refractivity contribution in [3.63, 3.8) is 0 Å². The summed E-state index contributed by atoms with van der Waals surface area (Å²) in [5, 5.41) is 8.92. The Bertz CT molecular complexity index is 372. The fourth-order valence-corrected chi connectivity index (χ4v) is 1.12. The van der Waals surface area contributed by atoms with Gasteiger partial charge in [0.25, 0.3) is 0 Å². The highest BCUT2D eigenvalue weighted by Gasteiger charge is 1.99. The average molecular weight is 213 g/mol. The zero-order valence-electron chi connectivity index (χ0n) is 7.53. The van der Waals surface area contributed by atoms with Crippen LogP contribution in [0.4, 0.5) is 0 Å². The second-order valence-corrected chi connectivity index (χ2v) is 2.97. The van der Waals surface area contributed by atoms with E-state index >= 15 is 0 Å². The number of halogens is 1. The number of hydrogen-bond donors (Lipinski definition) is 1. The molecule has 0 saturated carbocycles. The first kappa shape index (κ1) is 10.6. The van der Waals surface area contributed by atoms with Crippen molar-refractivity contribution in [2.75, 3.05) is 7.11 Å². The standard InChI is InChI=1S/C10H9ClO3/c1-14-8-3-4-9(11)7(6-8)2-5-10(12)13/h2-6H,1H3,(H,12,13)/b5-2+. The van der Waals surface area contributed by atoms with Gasteiger partial charge in [0.2, 0.25) is 0 Å². The van der Waals surface area contributed by atoms with E-state index in [1.807, 2.05) is 0 Å². The minimum atomic E-state index is -1.01. The molecule has 0 unspecified atom stereocenters. The molecule has 0 saturated heterocycles. The number of carboxylic acids is 1. The lowest BCUT2D eigenvalue weighted by molar-refractivity contribution is -0.131. The number of benzene rings is 1. The van der Waals surface area contributed by atoms with Gasteiger partial charge in [0.15, 0.2) is 0 Å². The molecular formula is C10H9ClO3. The van der Waals surface area contributed by atoms with Gasteiger partial charge >= 0.3 is 5.97 Å². The second-order valence-electron chi connectivity index (χ2n) is 2.56. The number of methoxy groups -OCH3 is 1. The van der Waals surface area contributed by atoms with Crippen LogP contribution in [0.5, 0.6) is 5.75 Å². The van der Waals surface area contributed by atoms with E-state index in [2.05, 4.69) is 0 Å². The molecule has 0 aliphatic heterocycles. The Hall–Kier alpha value is -1.48. The van der Waals surface area contributed by atoms with E-state index in [1.54, 1.807) is 18.2 Å². The lowest BCUT2D eigenvalue weighted by Crippen LogP contribution is -1.87. The van der Waals surface area contributed by atoms with E-state index < -0.39 is 5.97 Å². The van der Waals surface area contributed by atoms with Crippen LogP contribution in [0.2, 0.25) is 5.02 Å². The van der Waals surface area contributed by atoms with Crippen LogP contribution >= 0.6 is 11.6 Å². The van der Waals surface area contributed by atoms with Gasteiger partial charge < -0.3 is 9.84 Å².